The number of ether oxygens (including phenoxy) is 1. The molecule has 0 saturated carbocycles. The van der Waals surface area contributed by atoms with Crippen LogP contribution in [0.3, 0.4) is 0 Å². The van der Waals surface area contributed by atoms with E-state index in [0.29, 0.717) is 13.2 Å². The second-order valence-corrected chi connectivity index (χ2v) is 5.60. The van der Waals surface area contributed by atoms with Crippen LogP contribution in [0.25, 0.3) is 0 Å². The van der Waals surface area contributed by atoms with Gasteiger partial charge in [0, 0.05) is 13.2 Å². The fourth-order valence-corrected chi connectivity index (χ4v) is 1.97. The lowest BCUT2D eigenvalue weighted by molar-refractivity contribution is -0.0859. The Labute approximate surface area is 150 Å². The molecule has 0 radical (unpaired) electrons. The van der Waals surface area contributed by atoms with Crippen molar-refractivity contribution in [1.82, 2.24) is 15.3 Å². The van der Waals surface area contributed by atoms with E-state index >= 15 is 0 Å². The Hall–Kier alpha value is -2.17. The van der Waals surface area contributed by atoms with Gasteiger partial charge in [-0.25, -0.2) is 9.97 Å². The molecule has 1 aromatic heterocycles. The number of aliphatic imine (C=N–C) groups is 1. The molecule has 1 atom stereocenters. The summed E-state index contributed by atoms with van der Waals surface area (Å²) >= 11 is 5.72. The maximum atomic E-state index is 12.0. The molecule has 140 valence electrons. The van der Waals surface area contributed by atoms with Crippen molar-refractivity contribution in [2.45, 2.75) is 38.9 Å². The van der Waals surface area contributed by atoms with Crippen molar-refractivity contribution in [2.75, 3.05) is 24.6 Å². The zero-order valence-electron chi connectivity index (χ0n) is 14.0. The molecule has 1 amide bonds. The molecule has 0 bridgehead atoms. The van der Waals surface area contributed by atoms with E-state index in [0.717, 1.165) is 25.7 Å². The van der Waals surface area contributed by atoms with Gasteiger partial charge in [0.2, 0.25) is 0 Å². The average Bonchev–Trinajstić information content (AvgIpc) is 2.53. The number of aromatic nitrogens is 2. The standard InChI is InChI=1S/C14H24ClN7O3/c1-8(23)25-7-5-3-2-4-6-19-14(18)22-13(24)9-11(16)21-12(17)10(15)20-9/h8,23H,2-7H2,1H3,(H4,16,17,21)(H3,18,19,22,24). The number of carbonyl (C=O) groups excluding carboxylic acids is 1. The smallest absolute Gasteiger partial charge is 0.280 e. The summed E-state index contributed by atoms with van der Waals surface area (Å²) < 4.78 is 5.02. The van der Waals surface area contributed by atoms with E-state index in [1.54, 1.807) is 6.92 Å². The van der Waals surface area contributed by atoms with Gasteiger partial charge in [-0.1, -0.05) is 24.4 Å². The average molecular weight is 374 g/mol. The Bertz CT molecular complexity index is 610. The van der Waals surface area contributed by atoms with Gasteiger partial charge in [0.05, 0.1) is 0 Å². The van der Waals surface area contributed by atoms with Crippen molar-refractivity contribution in [3.8, 4) is 0 Å². The molecule has 25 heavy (non-hydrogen) atoms. The van der Waals surface area contributed by atoms with E-state index in [9.17, 15) is 4.79 Å². The number of rotatable bonds is 9. The number of hydrogen-bond acceptors (Lipinski definition) is 8. The highest BCUT2D eigenvalue weighted by Crippen LogP contribution is 2.17. The molecular weight excluding hydrogens is 350 g/mol. The highest BCUT2D eigenvalue weighted by Gasteiger charge is 2.16. The van der Waals surface area contributed by atoms with E-state index < -0.39 is 12.2 Å². The molecular formula is C14H24ClN7O3. The molecule has 0 aromatic carbocycles. The minimum atomic E-state index is -0.734. The monoisotopic (exact) mass is 373 g/mol. The molecule has 0 aliphatic carbocycles. The van der Waals surface area contributed by atoms with E-state index in [2.05, 4.69) is 20.3 Å². The second kappa shape index (κ2) is 10.6. The molecule has 1 heterocycles. The van der Waals surface area contributed by atoms with Gasteiger partial charge in [0.15, 0.2) is 34.7 Å². The number of nitrogens with two attached hydrogens (primary N) is 3. The maximum Gasteiger partial charge on any atom is 0.280 e. The Balaban J connectivity index is 2.33. The van der Waals surface area contributed by atoms with Crippen LogP contribution in [0, 0.1) is 0 Å². The minimum Gasteiger partial charge on any atom is -0.382 e. The lowest BCUT2D eigenvalue weighted by Crippen LogP contribution is -2.38. The van der Waals surface area contributed by atoms with Gasteiger partial charge < -0.3 is 27.0 Å². The molecule has 1 aromatic rings. The molecule has 1 unspecified atom stereocenters. The summed E-state index contributed by atoms with van der Waals surface area (Å²) in [6.45, 7) is 2.56. The van der Waals surface area contributed by atoms with Gasteiger partial charge in [-0.05, 0) is 19.8 Å². The Morgan fingerprint density at radius 2 is 1.96 bits per heavy atom. The SMILES string of the molecule is CC(O)OCCCCCCN=C(N)NC(=O)c1nc(Cl)c(N)nc1N. The number of anilines is 2. The van der Waals surface area contributed by atoms with Crippen LogP contribution in [-0.2, 0) is 4.74 Å². The summed E-state index contributed by atoms with van der Waals surface area (Å²) in [5.41, 5.74) is 16.5. The Kier molecular flexibility index (Phi) is 8.89. The number of aliphatic hydroxyl groups is 1. The molecule has 0 spiro atoms. The summed E-state index contributed by atoms with van der Waals surface area (Å²) in [5, 5.41) is 11.2. The van der Waals surface area contributed by atoms with Crippen LogP contribution < -0.4 is 22.5 Å². The lowest BCUT2D eigenvalue weighted by atomic mass is 10.2. The fraction of sp³-hybridized carbons (Fsp3) is 0.571. The predicted molar refractivity (Wildman–Crippen MR) is 95.9 cm³/mol. The summed E-state index contributed by atoms with van der Waals surface area (Å²) in [4.78, 5) is 23.6. The third-order valence-electron chi connectivity index (χ3n) is 3.06. The zero-order chi connectivity index (χ0) is 18.8. The van der Waals surface area contributed by atoms with Crippen LogP contribution in [0.15, 0.2) is 4.99 Å². The van der Waals surface area contributed by atoms with Crippen molar-refractivity contribution in [3.63, 3.8) is 0 Å². The van der Waals surface area contributed by atoms with Crippen LogP contribution >= 0.6 is 11.6 Å². The van der Waals surface area contributed by atoms with Crippen LogP contribution in [0.4, 0.5) is 11.6 Å². The number of nitrogens with one attached hydrogen (secondary N) is 1. The van der Waals surface area contributed by atoms with Crippen LogP contribution in [0.1, 0.15) is 43.1 Å². The van der Waals surface area contributed by atoms with Gasteiger partial charge in [-0.15, -0.1) is 0 Å². The van der Waals surface area contributed by atoms with Crippen LogP contribution in [-0.4, -0.2) is 46.4 Å². The normalized spacial score (nSPS) is 12.8. The van der Waals surface area contributed by atoms with Crippen molar-refractivity contribution < 1.29 is 14.6 Å². The number of hydrogen-bond donors (Lipinski definition) is 5. The van der Waals surface area contributed by atoms with Gasteiger partial charge in [0.1, 0.15) is 0 Å². The van der Waals surface area contributed by atoms with Gasteiger partial charge in [0.25, 0.3) is 5.91 Å². The number of amides is 1. The van der Waals surface area contributed by atoms with Gasteiger partial charge in [-0.2, -0.15) is 0 Å². The van der Waals surface area contributed by atoms with Crippen molar-refractivity contribution in [3.05, 3.63) is 10.8 Å². The molecule has 11 heteroatoms. The molecule has 0 fully saturated rings. The first kappa shape index (κ1) is 20.9. The topological polar surface area (TPSA) is 175 Å². The number of unbranched alkanes of at least 4 members (excludes halogenated alkanes) is 3. The Morgan fingerprint density at radius 3 is 2.64 bits per heavy atom. The summed E-state index contributed by atoms with van der Waals surface area (Å²) in [7, 11) is 0. The summed E-state index contributed by atoms with van der Waals surface area (Å²) in [6, 6.07) is 0. The first-order valence-corrected chi connectivity index (χ1v) is 8.18. The highest BCUT2D eigenvalue weighted by molar-refractivity contribution is 6.31. The molecule has 1 rings (SSSR count). The van der Waals surface area contributed by atoms with Gasteiger partial charge in [-0.3, -0.25) is 15.1 Å². The number of aliphatic hydroxyl groups excluding tert-OH is 1. The van der Waals surface area contributed by atoms with E-state index in [-0.39, 0.29) is 28.4 Å². The van der Waals surface area contributed by atoms with Crippen molar-refractivity contribution in [2.24, 2.45) is 10.7 Å². The predicted octanol–water partition coefficient (Wildman–Crippen LogP) is 0.254. The number of nitrogens with zero attached hydrogens (tertiary/aromatic N) is 3. The second-order valence-electron chi connectivity index (χ2n) is 5.24. The molecule has 0 saturated heterocycles. The van der Waals surface area contributed by atoms with E-state index in [4.69, 9.17) is 38.6 Å². The van der Waals surface area contributed by atoms with E-state index in [1.807, 2.05) is 0 Å². The van der Waals surface area contributed by atoms with Gasteiger partial charge >= 0.3 is 0 Å². The number of halogens is 1. The fourth-order valence-electron chi connectivity index (χ4n) is 1.84. The maximum absolute atomic E-state index is 12.0. The largest absolute Gasteiger partial charge is 0.382 e. The lowest BCUT2D eigenvalue weighted by Gasteiger charge is -2.07. The minimum absolute atomic E-state index is 0.0448. The molecule has 0 aliphatic heterocycles. The summed E-state index contributed by atoms with van der Waals surface area (Å²) in [6.07, 6.45) is 2.81. The third kappa shape index (κ3) is 7.96. The molecule has 8 N–H and O–H groups in total. The summed E-state index contributed by atoms with van der Waals surface area (Å²) in [5.74, 6) is -0.914. The van der Waals surface area contributed by atoms with Crippen molar-refractivity contribution >= 4 is 35.1 Å². The first-order valence-electron chi connectivity index (χ1n) is 7.80. The van der Waals surface area contributed by atoms with Crippen LogP contribution in [0.2, 0.25) is 5.15 Å². The third-order valence-corrected chi connectivity index (χ3v) is 3.33. The zero-order valence-corrected chi connectivity index (χ0v) is 14.8. The Morgan fingerprint density at radius 1 is 1.28 bits per heavy atom. The molecule has 10 nitrogen and oxygen atoms in total. The number of carbonyl (C=O) groups is 1. The van der Waals surface area contributed by atoms with Crippen LogP contribution in [0.5, 0.6) is 0 Å². The van der Waals surface area contributed by atoms with E-state index in [1.165, 1.54) is 0 Å². The quantitative estimate of drug-likeness (QED) is 0.177. The van der Waals surface area contributed by atoms with Crippen molar-refractivity contribution in [1.29, 1.82) is 0 Å². The number of guanidine groups is 1. The number of nitrogen functional groups attached to an aromatic ring is 2. The highest BCUT2D eigenvalue weighted by atomic mass is 35.5. The first-order chi connectivity index (χ1) is 11.8. The molecule has 0 aliphatic rings.